The number of hydrogen-bond acceptors (Lipinski definition) is 9. The minimum absolute atomic E-state index is 0.312. The number of benzene rings is 2. The Kier molecular flexibility index (Phi) is 7.89. The second-order valence-electron chi connectivity index (χ2n) is 9.71. The molecule has 0 unspecified atom stereocenters. The molecule has 2 saturated heterocycles. The molecule has 0 amide bonds. The maximum atomic E-state index is 14.4. The Morgan fingerprint density at radius 1 is 0.643 bits per heavy atom. The van der Waals surface area contributed by atoms with E-state index in [1.54, 1.807) is 62.9 Å². The zero-order valence-electron chi connectivity index (χ0n) is 22.9. The van der Waals surface area contributed by atoms with Crippen molar-refractivity contribution in [3.8, 4) is 0 Å². The van der Waals surface area contributed by atoms with E-state index in [9.17, 15) is 4.79 Å². The molecule has 216 valence electrons. The molecule has 2 aromatic carbocycles. The van der Waals surface area contributed by atoms with Gasteiger partial charge in [0.25, 0.3) is 0 Å². The Morgan fingerprint density at radius 2 is 1.00 bits per heavy atom. The van der Waals surface area contributed by atoms with Gasteiger partial charge in [0.05, 0.1) is 37.6 Å². The number of rotatable bonds is 8. The molecule has 11 heteroatoms. The molecule has 0 spiro atoms. The molecule has 4 heterocycles. The zero-order valence-corrected chi connectivity index (χ0v) is 24.5. The molecular formula is C31H28Cl2N4O5. The Balaban J connectivity index is 1.46. The number of anilines is 2. The quantitative estimate of drug-likeness (QED) is 0.248. The van der Waals surface area contributed by atoms with Gasteiger partial charge in [0, 0.05) is 58.8 Å². The first-order valence-electron chi connectivity index (χ1n) is 13.4. The van der Waals surface area contributed by atoms with Gasteiger partial charge in [-0.3, -0.25) is 4.79 Å². The summed E-state index contributed by atoms with van der Waals surface area (Å²) in [7, 11) is 3.42. The standard InChI is InChI=1S/C31H28Cl2N4O5/c1-34-28-25(15-21(17-36-28)30(39-11-12-40-30)19-3-7-23(32)8-4-19)27(38)26-16-22(18-37-29(26)35-2)31(41-13-14-42-31)20-5-9-24(33)10-6-20/h3-10,15-18H,11-14H2,1-2H3,(H,34,36)(H,35,37). The van der Waals surface area contributed by atoms with E-state index in [1.165, 1.54) is 0 Å². The first-order chi connectivity index (χ1) is 20.4. The normalized spacial score (nSPS) is 17.2. The van der Waals surface area contributed by atoms with Gasteiger partial charge in [0.2, 0.25) is 11.6 Å². The van der Waals surface area contributed by atoms with Gasteiger partial charge >= 0.3 is 0 Å². The molecule has 2 aliphatic rings. The fourth-order valence-electron chi connectivity index (χ4n) is 5.34. The average molecular weight is 607 g/mol. The molecule has 2 aromatic heterocycles. The summed E-state index contributed by atoms with van der Waals surface area (Å²) in [5.41, 5.74) is 3.24. The van der Waals surface area contributed by atoms with Crippen molar-refractivity contribution >= 4 is 40.6 Å². The highest BCUT2D eigenvalue weighted by molar-refractivity contribution is 6.30. The van der Waals surface area contributed by atoms with Gasteiger partial charge in [-0.15, -0.1) is 0 Å². The van der Waals surface area contributed by atoms with Crippen LogP contribution in [0.4, 0.5) is 11.6 Å². The second-order valence-corrected chi connectivity index (χ2v) is 10.6. The Labute approximate surface area is 253 Å². The fraction of sp³-hybridized carbons (Fsp3) is 0.258. The minimum atomic E-state index is -1.24. The summed E-state index contributed by atoms with van der Waals surface area (Å²) in [6.07, 6.45) is 3.29. The van der Waals surface area contributed by atoms with Crippen LogP contribution < -0.4 is 10.6 Å². The van der Waals surface area contributed by atoms with Crippen LogP contribution in [0.5, 0.6) is 0 Å². The lowest BCUT2D eigenvalue weighted by molar-refractivity contribution is -0.130. The van der Waals surface area contributed by atoms with Crippen LogP contribution in [0.1, 0.15) is 38.2 Å². The van der Waals surface area contributed by atoms with Crippen LogP contribution in [0.2, 0.25) is 10.0 Å². The number of halogens is 2. The van der Waals surface area contributed by atoms with Crippen LogP contribution in [-0.4, -0.2) is 56.3 Å². The predicted molar refractivity (Wildman–Crippen MR) is 159 cm³/mol. The fourth-order valence-corrected chi connectivity index (χ4v) is 5.59. The van der Waals surface area contributed by atoms with Crippen molar-refractivity contribution in [1.82, 2.24) is 9.97 Å². The summed E-state index contributed by atoms with van der Waals surface area (Å²) in [6, 6.07) is 17.9. The maximum Gasteiger partial charge on any atom is 0.224 e. The molecule has 0 aliphatic carbocycles. The maximum absolute atomic E-state index is 14.4. The molecule has 42 heavy (non-hydrogen) atoms. The third kappa shape index (κ3) is 4.92. The molecule has 9 nitrogen and oxygen atoms in total. The number of hydrogen-bond donors (Lipinski definition) is 2. The summed E-state index contributed by atoms with van der Waals surface area (Å²) >= 11 is 12.3. The molecule has 4 aromatic rings. The molecule has 0 atom stereocenters. The van der Waals surface area contributed by atoms with E-state index in [1.807, 2.05) is 24.3 Å². The number of ether oxygens (including phenoxy) is 4. The van der Waals surface area contributed by atoms with Crippen LogP contribution in [-0.2, 0) is 30.5 Å². The lowest BCUT2D eigenvalue weighted by Gasteiger charge is -2.29. The van der Waals surface area contributed by atoms with E-state index in [-0.39, 0.29) is 5.78 Å². The first-order valence-corrected chi connectivity index (χ1v) is 14.1. The summed E-state index contributed by atoms with van der Waals surface area (Å²) in [6.45, 7) is 1.51. The van der Waals surface area contributed by atoms with Gasteiger partial charge < -0.3 is 29.6 Å². The van der Waals surface area contributed by atoms with Gasteiger partial charge in [-0.25, -0.2) is 9.97 Å². The smallest absolute Gasteiger partial charge is 0.224 e. The zero-order chi connectivity index (χ0) is 29.3. The Hall–Kier alpha value is -3.57. The molecule has 2 fully saturated rings. The largest absolute Gasteiger partial charge is 0.373 e. The third-order valence-electron chi connectivity index (χ3n) is 7.33. The molecule has 0 saturated carbocycles. The van der Waals surface area contributed by atoms with E-state index >= 15 is 0 Å². The van der Waals surface area contributed by atoms with Crippen LogP contribution in [0.25, 0.3) is 0 Å². The number of ketones is 1. The van der Waals surface area contributed by atoms with Crippen LogP contribution >= 0.6 is 23.2 Å². The van der Waals surface area contributed by atoms with Gasteiger partial charge in [-0.1, -0.05) is 47.5 Å². The second kappa shape index (κ2) is 11.6. The topological polar surface area (TPSA) is 104 Å². The molecule has 0 radical (unpaired) electrons. The molecular weight excluding hydrogens is 579 g/mol. The highest BCUT2D eigenvalue weighted by atomic mass is 35.5. The monoisotopic (exact) mass is 606 g/mol. The minimum Gasteiger partial charge on any atom is -0.373 e. The number of aromatic nitrogens is 2. The van der Waals surface area contributed by atoms with Crippen LogP contribution in [0, 0.1) is 0 Å². The summed E-state index contributed by atoms with van der Waals surface area (Å²) in [5.74, 6) is -2.02. The van der Waals surface area contributed by atoms with Gasteiger partial charge in [-0.2, -0.15) is 0 Å². The van der Waals surface area contributed by atoms with Gasteiger partial charge in [0.15, 0.2) is 5.78 Å². The predicted octanol–water partition coefficient (Wildman–Crippen LogP) is 5.59. The van der Waals surface area contributed by atoms with Crippen molar-refractivity contribution < 1.29 is 23.7 Å². The number of pyridine rings is 2. The highest BCUT2D eigenvalue weighted by Gasteiger charge is 2.43. The van der Waals surface area contributed by atoms with Crippen LogP contribution in [0.3, 0.4) is 0 Å². The summed E-state index contributed by atoms with van der Waals surface area (Å²) in [5, 5.41) is 7.25. The third-order valence-corrected chi connectivity index (χ3v) is 7.84. The van der Waals surface area contributed by atoms with E-state index in [4.69, 9.17) is 42.1 Å². The lowest BCUT2D eigenvalue weighted by atomic mass is 9.93. The van der Waals surface area contributed by atoms with E-state index in [0.717, 1.165) is 11.1 Å². The van der Waals surface area contributed by atoms with Crippen molar-refractivity contribution in [2.45, 2.75) is 11.6 Å². The first kappa shape index (κ1) is 28.5. The number of nitrogens with zero attached hydrogens (tertiary/aromatic N) is 2. The van der Waals surface area contributed by atoms with Crippen molar-refractivity contribution in [3.05, 3.63) is 116 Å². The van der Waals surface area contributed by atoms with Crippen molar-refractivity contribution in [3.63, 3.8) is 0 Å². The van der Waals surface area contributed by atoms with E-state index in [2.05, 4.69) is 20.6 Å². The van der Waals surface area contributed by atoms with Crippen molar-refractivity contribution in [1.29, 1.82) is 0 Å². The average Bonchev–Trinajstić information content (AvgIpc) is 3.73. The SMILES string of the molecule is CNc1ncc(C2(c3ccc(Cl)cc3)OCCO2)cc1C(=O)c1cc(C2(c3ccc(Cl)cc3)OCCO2)cnc1NC. The number of carbonyl (C=O) groups excluding carboxylic acids is 1. The molecule has 2 N–H and O–H groups in total. The highest BCUT2D eigenvalue weighted by Crippen LogP contribution is 2.42. The van der Waals surface area contributed by atoms with Crippen molar-refractivity contribution in [2.24, 2.45) is 0 Å². The molecule has 2 aliphatic heterocycles. The summed E-state index contributed by atoms with van der Waals surface area (Å²) < 4.78 is 24.7. The Morgan fingerprint density at radius 3 is 1.33 bits per heavy atom. The van der Waals surface area contributed by atoms with Crippen molar-refractivity contribution in [2.75, 3.05) is 51.2 Å². The van der Waals surface area contributed by atoms with E-state index < -0.39 is 11.6 Å². The lowest BCUT2D eigenvalue weighted by Crippen LogP contribution is -2.30. The van der Waals surface area contributed by atoms with Gasteiger partial charge in [0.1, 0.15) is 11.6 Å². The molecule has 6 rings (SSSR count). The van der Waals surface area contributed by atoms with E-state index in [0.29, 0.717) is 70.4 Å². The number of nitrogens with one attached hydrogen (secondary N) is 2. The summed E-state index contributed by atoms with van der Waals surface area (Å²) in [4.78, 5) is 23.5. The van der Waals surface area contributed by atoms with Gasteiger partial charge in [-0.05, 0) is 36.4 Å². The molecule has 0 bridgehead atoms. The Bertz CT molecular complexity index is 1480. The number of carbonyl (C=O) groups is 1. The van der Waals surface area contributed by atoms with Crippen LogP contribution in [0.15, 0.2) is 73.1 Å².